The third-order valence-electron chi connectivity index (χ3n) is 3.08. The zero-order valence-electron chi connectivity index (χ0n) is 10.8. The monoisotopic (exact) mass is 299 g/mol. The molecule has 0 aliphatic heterocycles. The normalized spacial score (nSPS) is 10.5. The molecule has 0 radical (unpaired) electrons. The van der Waals surface area contributed by atoms with E-state index in [2.05, 4.69) is 5.10 Å². The molecular formula is C15H10ClN3O2. The summed E-state index contributed by atoms with van der Waals surface area (Å²) in [5.74, 6) is 0. The lowest BCUT2D eigenvalue weighted by molar-refractivity contribution is -0.384. The van der Waals surface area contributed by atoms with Gasteiger partial charge in [-0.2, -0.15) is 5.10 Å². The van der Waals surface area contributed by atoms with Crippen molar-refractivity contribution in [2.45, 2.75) is 0 Å². The maximum Gasteiger partial charge on any atom is 0.313 e. The number of nitrogens with zero attached hydrogens (tertiary/aromatic N) is 3. The zero-order valence-corrected chi connectivity index (χ0v) is 11.6. The Hall–Kier alpha value is -2.66. The molecule has 0 atom stereocenters. The van der Waals surface area contributed by atoms with E-state index in [1.54, 1.807) is 24.5 Å². The van der Waals surface area contributed by atoms with Gasteiger partial charge >= 0.3 is 5.69 Å². The number of para-hydroxylation sites is 1. The third kappa shape index (κ3) is 2.51. The summed E-state index contributed by atoms with van der Waals surface area (Å²) < 4.78 is 1.46. The Balaban J connectivity index is 2.09. The molecule has 3 rings (SSSR count). The average Bonchev–Trinajstić information content (AvgIpc) is 2.97. The largest absolute Gasteiger partial charge is 0.313 e. The van der Waals surface area contributed by atoms with Crippen LogP contribution in [0.15, 0.2) is 60.9 Å². The van der Waals surface area contributed by atoms with E-state index in [1.807, 2.05) is 30.3 Å². The highest BCUT2D eigenvalue weighted by Gasteiger charge is 2.20. The second-order valence-electron chi connectivity index (χ2n) is 4.40. The van der Waals surface area contributed by atoms with Crippen LogP contribution in [0.1, 0.15) is 0 Å². The number of rotatable bonds is 3. The van der Waals surface area contributed by atoms with Crippen molar-refractivity contribution < 1.29 is 4.92 Å². The predicted molar refractivity (Wildman–Crippen MR) is 80.7 cm³/mol. The number of nitro benzene ring substituents is 1. The Morgan fingerprint density at radius 1 is 1.05 bits per heavy atom. The van der Waals surface area contributed by atoms with Crippen molar-refractivity contribution in [1.29, 1.82) is 0 Å². The summed E-state index contributed by atoms with van der Waals surface area (Å²) in [6.07, 6.45) is 3.41. The number of halogens is 1. The quantitative estimate of drug-likeness (QED) is 0.540. The van der Waals surface area contributed by atoms with E-state index >= 15 is 0 Å². The third-order valence-corrected chi connectivity index (χ3v) is 3.39. The molecule has 5 nitrogen and oxygen atoms in total. The summed E-state index contributed by atoms with van der Waals surface area (Å²) >= 11 is 5.92. The minimum Gasteiger partial charge on any atom is -0.258 e. The first-order valence-electron chi connectivity index (χ1n) is 6.20. The SMILES string of the molecule is O=[N+]([O-])c1c(Cl)cccc1-n1cc(-c2ccccc2)cn1. The van der Waals surface area contributed by atoms with Gasteiger partial charge < -0.3 is 0 Å². The molecule has 3 aromatic rings. The molecule has 21 heavy (non-hydrogen) atoms. The van der Waals surface area contributed by atoms with Crippen molar-refractivity contribution in [3.05, 3.63) is 76.1 Å². The van der Waals surface area contributed by atoms with E-state index in [0.29, 0.717) is 5.69 Å². The topological polar surface area (TPSA) is 61.0 Å². The van der Waals surface area contributed by atoms with Crippen LogP contribution >= 0.6 is 11.6 Å². The summed E-state index contributed by atoms with van der Waals surface area (Å²) in [4.78, 5) is 10.7. The predicted octanol–water partition coefficient (Wildman–Crippen LogP) is 4.10. The standard InChI is InChI=1S/C15H10ClN3O2/c16-13-7-4-8-14(15(13)19(20)21)18-10-12(9-17-18)11-5-2-1-3-6-11/h1-10H. The number of hydrogen-bond donors (Lipinski definition) is 0. The van der Waals surface area contributed by atoms with Crippen LogP contribution in [0.4, 0.5) is 5.69 Å². The molecule has 0 fully saturated rings. The van der Waals surface area contributed by atoms with Crippen LogP contribution < -0.4 is 0 Å². The number of hydrogen-bond acceptors (Lipinski definition) is 3. The fourth-order valence-corrected chi connectivity index (χ4v) is 2.34. The fourth-order valence-electron chi connectivity index (χ4n) is 2.10. The first-order chi connectivity index (χ1) is 10.2. The molecular weight excluding hydrogens is 290 g/mol. The average molecular weight is 300 g/mol. The van der Waals surface area contributed by atoms with Crippen LogP contribution in [0.25, 0.3) is 16.8 Å². The molecule has 0 aliphatic carbocycles. The van der Waals surface area contributed by atoms with Crippen molar-refractivity contribution in [2.24, 2.45) is 0 Å². The van der Waals surface area contributed by atoms with E-state index in [1.165, 1.54) is 10.7 Å². The molecule has 0 amide bonds. The minimum atomic E-state index is -0.498. The second kappa shape index (κ2) is 5.38. The maximum atomic E-state index is 11.2. The van der Waals surface area contributed by atoms with Gasteiger partial charge in [0.1, 0.15) is 10.7 Å². The second-order valence-corrected chi connectivity index (χ2v) is 4.81. The van der Waals surface area contributed by atoms with Crippen LogP contribution in [-0.2, 0) is 0 Å². The molecule has 0 unspecified atom stereocenters. The molecule has 0 saturated heterocycles. The van der Waals surface area contributed by atoms with Gasteiger partial charge in [0.2, 0.25) is 0 Å². The molecule has 0 N–H and O–H groups in total. The summed E-state index contributed by atoms with van der Waals surface area (Å²) in [5, 5.41) is 15.5. The maximum absolute atomic E-state index is 11.2. The van der Waals surface area contributed by atoms with Crippen LogP contribution in [0, 0.1) is 10.1 Å². The van der Waals surface area contributed by atoms with Gasteiger partial charge in [-0.05, 0) is 17.7 Å². The summed E-state index contributed by atoms with van der Waals surface area (Å²) in [6.45, 7) is 0. The number of nitro groups is 1. The molecule has 0 saturated carbocycles. The van der Waals surface area contributed by atoms with Gasteiger partial charge in [-0.1, -0.05) is 48.0 Å². The Morgan fingerprint density at radius 3 is 2.52 bits per heavy atom. The Labute approximate surface area is 125 Å². The summed E-state index contributed by atoms with van der Waals surface area (Å²) in [5.41, 5.74) is 2.06. The Kier molecular flexibility index (Phi) is 3.41. The summed E-state index contributed by atoms with van der Waals surface area (Å²) in [6, 6.07) is 14.4. The van der Waals surface area contributed by atoms with Crippen LogP contribution in [0.2, 0.25) is 5.02 Å². The fraction of sp³-hybridized carbons (Fsp3) is 0. The highest BCUT2D eigenvalue weighted by atomic mass is 35.5. The molecule has 1 heterocycles. The van der Waals surface area contributed by atoms with Gasteiger partial charge in [0.25, 0.3) is 0 Å². The van der Waals surface area contributed by atoms with Gasteiger partial charge in [0.05, 0.1) is 11.1 Å². The van der Waals surface area contributed by atoms with Crippen molar-refractivity contribution in [2.75, 3.05) is 0 Å². The Bertz CT molecular complexity index is 800. The lowest BCUT2D eigenvalue weighted by atomic mass is 10.1. The van der Waals surface area contributed by atoms with E-state index < -0.39 is 4.92 Å². The van der Waals surface area contributed by atoms with Crippen LogP contribution in [-0.4, -0.2) is 14.7 Å². The van der Waals surface area contributed by atoms with E-state index in [0.717, 1.165) is 11.1 Å². The first-order valence-corrected chi connectivity index (χ1v) is 6.58. The number of aromatic nitrogens is 2. The van der Waals surface area contributed by atoms with Crippen molar-refractivity contribution in [3.8, 4) is 16.8 Å². The van der Waals surface area contributed by atoms with E-state index in [9.17, 15) is 10.1 Å². The number of benzene rings is 2. The van der Waals surface area contributed by atoms with E-state index in [4.69, 9.17) is 11.6 Å². The van der Waals surface area contributed by atoms with E-state index in [-0.39, 0.29) is 10.7 Å². The van der Waals surface area contributed by atoms with Crippen molar-refractivity contribution in [3.63, 3.8) is 0 Å². The van der Waals surface area contributed by atoms with Crippen LogP contribution in [0.5, 0.6) is 0 Å². The zero-order chi connectivity index (χ0) is 14.8. The van der Waals surface area contributed by atoms with Crippen molar-refractivity contribution in [1.82, 2.24) is 9.78 Å². The highest BCUT2D eigenvalue weighted by Crippen LogP contribution is 2.31. The molecule has 0 spiro atoms. The minimum absolute atomic E-state index is 0.0919. The highest BCUT2D eigenvalue weighted by molar-refractivity contribution is 6.33. The lowest BCUT2D eigenvalue weighted by Gasteiger charge is -2.03. The molecule has 2 aromatic carbocycles. The van der Waals surface area contributed by atoms with Gasteiger partial charge in [-0.25, -0.2) is 4.68 Å². The first kappa shape index (κ1) is 13.3. The van der Waals surface area contributed by atoms with Gasteiger partial charge in [-0.3, -0.25) is 10.1 Å². The molecule has 1 aromatic heterocycles. The molecule has 6 heteroatoms. The molecule has 0 aliphatic rings. The van der Waals surface area contributed by atoms with Crippen LogP contribution in [0.3, 0.4) is 0 Å². The Morgan fingerprint density at radius 2 is 1.81 bits per heavy atom. The van der Waals surface area contributed by atoms with Crippen molar-refractivity contribution >= 4 is 17.3 Å². The molecule has 104 valence electrons. The molecule has 0 bridgehead atoms. The van der Waals surface area contributed by atoms with Gasteiger partial charge in [-0.15, -0.1) is 0 Å². The smallest absolute Gasteiger partial charge is 0.258 e. The van der Waals surface area contributed by atoms with Gasteiger partial charge in [0, 0.05) is 11.8 Å². The van der Waals surface area contributed by atoms with Gasteiger partial charge in [0.15, 0.2) is 0 Å². The summed E-state index contributed by atoms with van der Waals surface area (Å²) in [7, 11) is 0. The lowest BCUT2D eigenvalue weighted by Crippen LogP contribution is -2.00.